The normalized spacial score (nSPS) is 12.2. The molecular weight excluding hydrogens is 356 g/mol. The number of carbonyl (C=O) groups is 2. The summed E-state index contributed by atoms with van der Waals surface area (Å²) in [6, 6.07) is 8.38. The topological polar surface area (TPSA) is 117 Å². The lowest BCUT2D eigenvalue weighted by Crippen LogP contribution is -2.41. The van der Waals surface area contributed by atoms with Gasteiger partial charge in [0.1, 0.15) is 0 Å². The number of nitrogens with one attached hydrogen (secondary N) is 3. The molecule has 0 spiro atoms. The zero-order valence-electron chi connectivity index (χ0n) is 14.4. The summed E-state index contributed by atoms with van der Waals surface area (Å²) in [5.74, 6) is -1.08. The summed E-state index contributed by atoms with van der Waals surface area (Å²) in [4.78, 5) is 27.8. The fourth-order valence-corrected chi connectivity index (χ4v) is 3.28. The minimum Gasteiger partial charge on any atom is -0.267 e. The van der Waals surface area contributed by atoms with Gasteiger partial charge in [0.25, 0.3) is 11.8 Å². The van der Waals surface area contributed by atoms with Gasteiger partial charge in [0.05, 0.1) is 10.5 Å². The third-order valence-corrected chi connectivity index (χ3v) is 5.21. The molecule has 0 saturated heterocycles. The van der Waals surface area contributed by atoms with E-state index >= 15 is 0 Å². The molecule has 8 nitrogen and oxygen atoms in total. The van der Waals surface area contributed by atoms with Gasteiger partial charge in [-0.1, -0.05) is 6.92 Å². The van der Waals surface area contributed by atoms with Gasteiger partial charge in [0, 0.05) is 24.0 Å². The van der Waals surface area contributed by atoms with Crippen molar-refractivity contribution in [3.63, 3.8) is 0 Å². The van der Waals surface area contributed by atoms with Crippen LogP contribution < -0.4 is 15.6 Å². The SMILES string of the molecule is CCC(C)NS(=O)(=O)c1ccc(C(=O)NNC(=O)c2cccnc2)cc1. The largest absolute Gasteiger partial charge is 0.271 e. The third kappa shape index (κ3) is 5.11. The number of carbonyl (C=O) groups excluding carboxylic acids is 2. The molecule has 138 valence electrons. The van der Waals surface area contributed by atoms with Gasteiger partial charge in [0.2, 0.25) is 10.0 Å². The molecule has 1 unspecified atom stereocenters. The first-order valence-corrected chi connectivity index (χ1v) is 9.45. The molecule has 0 saturated carbocycles. The number of pyridine rings is 1. The van der Waals surface area contributed by atoms with E-state index in [1.165, 1.54) is 36.7 Å². The van der Waals surface area contributed by atoms with Gasteiger partial charge in [-0.25, -0.2) is 13.1 Å². The van der Waals surface area contributed by atoms with Crippen molar-refractivity contribution in [3.05, 3.63) is 59.9 Å². The maximum atomic E-state index is 12.2. The fourth-order valence-electron chi connectivity index (χ4n) is 1.96. The summed E-state index contributed by atoms with van der Waals surface area (Å²) in [5.41, 5.74) is 5.04. The van der Waals surface area contributed by atoms with Crippen molar-refractivity contribution in [2.75, 3.05) is 0 Å². The number of hydrogen-bond acceptors (Lipinski definition) is 5. The minimum atomic E-state index is -3.63. The fraction of sp³-hybridized carbons (Fsp3) is 0.235. The predicted molar refractivity (Wildman–Crippen MR) is 95.7 cm³/mol. The molecule has 1 atom stereocenters. The van der Waals surface area contributed by atoms with Gasteiger partial charge in [-0.3, -0.25) is 25.4 Å². The zero-order valence-corrected chi connectivity index (χ0v) is 15.2. The van der Waals surface area contributed by atoms with Gasteiger partial charge in [-0.2, -0.15) is 0 Å². The molecule has 0 aliphatic carbocycles. The lowest BCUT2D eigenvalue weighted by atomic mass is 10.2. The molecule has 0 fully saturated rings. The average molecular weight is 376 g/mol. The van der Waals surface area contributed by atoms with Gasteiger partial charge >= 0.3 is 0 Å². The van der Waals surface area contributed by atoms with Crippen LogP contribution in [0.5, 0.6) is 0 Å². The van der Waals surface area contributed by atoms with Crippen molar-refractivity contribution in [1.29, 1.82) is 0 Å². The first-order chi connectivity index (χ1) is 12.3. The van der Waals surface area contributed by atoms with Crippen LogP contribution in [0.3, 0.4) is 0 Å². The molecule has 2 rings (SSSR count). The van der Waals surface area contributed by atoms with Crippen molar-refractivity contribution >= 4 is 21.8 Å². The van der Waals surface area contributed by atoms with Gasteiger partial charge < -0.3 is 0 Å². The van der Waals surface area contributed by atoms with E-state index in [0.717, 1.165) is 0 Å². The number of nitrogens with zero attached hydrogens (tertiary/aromatic N) is 1. The molecule has 2 aromatic rings. The molecule has 0 radical (unpaired) electrons. The molecular formula is C17H20N4O4S. The van der Waals surface area contributed by atoms with Crippen LogP contribution in [0.15, 0.2) is 53.7 Å². The summed E-state index contributed by atoms with van der Waals surface area (Å²) in [6.45, 7) is 3.64. The second-order valence-electron chi connectivity index (χ2n) is 5.60. The smallest absolute Gasteiger partial charge is 0.267 e. The maximum Gasteiger partial charge on any atom is 0.271 e. The highest BCUT2D eigenvalue weighted by atomic mass is 32.2. The Bertz CT molecular complexity index is 867. The summed E-state index contributed by atoms with van der Waals surface area (Å²) in [6.07, 6.45) is 3.56. The van der Waals surface area contributed by atoms with Crippen LogP contribution in [0, 0.1) is 0 Å². The second-order valence-corrected chi connectivity index (χ2v) is 7.32. The number of hydrazine groups is 1. The summed E-state index contributed by atoms with van der Waals surface area (Å²) in [7, 11) is -3.63. The molecule has 0 aliphatic heterocycles. The number of benzene rings is 1. The van der Waals surface area contributed by atoms with Gasteiger partial charge in [-0.15, -0.1) is 0 Å². The lowest BCUT2D eigenvalue weighted by molar-refractivity contribution is 0.0846. The van der Waals surface area contributed by atoms with Crippen molar-refractivity contribution in [1.82, 2.24) is 20.6 Å². The van der Waals surface area contributed by atoms with Crippen LogP contribution in [0.2, 0.25) is 0 Å². The Morgan fingerprint density at radius 2 is 1.65 bits per heavy atom. The highest BCUT2D eigenvalue weighted by molar-refractivity contribution is 7.89. The van der Waals surface area contributed by atoms with E-state index in [9.17, 15) is 18.0 Å². The molecule has 9 heteroatoms. The first kappa shape index (κ1) is 19.5. The second kappa shape index (κ2) is 8.54. The van der Waals surface area contributed by atoms with Crippen LogP contribution in [-0.2, 0) is 10.0 Å². The number of sulfonamides is 1. The zero-order chi connectivity index (χ0) is 19.2. The van der Waals surface area contributed by atoms with Crippen molar-refractivity contribution in [3.8, 4) is 0 Å². The van der Waals surface area contributed by atoms with Gasteiger partial charge in [-0.05, 0) is 49.7 Å². The molecule has 1 heterocycles. The third-order valence-electron chi connectivity index (χ3n) is 3.61. The standard InChI is InChI=1S/C17H20N4O4S/c1-3-12(2)21-26(24,25)15-8-6-13(7-9-15)16(22)19-20-17(23)14-5-4-10-18-11-14/h4-12,21H,3H2,1-2H3,(H,19,22)(H,20,23). The highest BCUT2D eigenvalue weighted by Gasteiger charge is 2.17. The number of hydrogen-bond donors (Lipinski definition) is 3. The Morgan fingerprint density at radius 3 is 2.19 bits per heavy atom. The first-order valence-electron chi connectivity index (χ1n) is 7.96. The Labute approximate surface area is 152 Å². The Balaban J connectivity index is 1.99. The highest BCUT2D eigenvalue weighted by Crippen LogP contribution is 2.11. The Kier molecular flexibility index (Phi) is 6.42. The molecule has 26 heavy (non-hydrogen) atoms. The van der Waals surface area contributed by atoms with E-state index in [4.69, 9.17) is 0 Å². The van der Waals surface area contributed by atoms with Crippen molar-refractivity contribution in [2.24, 2.45) is 0 Å². The monoisotopic (exact) mass is 376 g/mol. The maximum absolute atomic E-state index is 12.2. The molecule has 3 N–H and O–H groups in total. The molecule has 2 amide bonds. The minimum absolute atomic E-state index is 0.0637. The van der Waals surface area contributed by atoms with E-state index in [0.29, 0.717) is 12.0 Å². The number of aromatic nitrogens is 1. The quantitative estimate of drug-likeness (QED) is 0.656. The van der Waals surface area contributed by atoms with Crippen LogP contribution >= 0.6 is 0 Å². The van der Waals surface area contributed by atoms with Gasteiger partial charge in [0.15, 0.2) is 0 Å². The summed E-state index contributed by atoms with van der Waals surface area (Å²) >= 11 is 0. The van der Waals surface area contributed by atoms with E-state index < -0.39 is 21.8 Å². The number of amides is 2. The van der Waals surface area contributed by atoms with E-state index in [1.54, 1.807) is 19.1 Å². The summed E-state index contributed by atoms with van der Waals surface area (Å²) < 4.78 is 26.9. The predicted octanol–water partition coefficient (Wildman–Crippen LogP) is 1.23. The molecule has 0 bridgehead atoms. The van der Waals surface area contributed by atoms with Crippen molar-refractivity contribution < 1.29 is 18.0 Å². The Morgan fingerprint density at radius 1 is 1.04 bits per heavy atom. The van der Waals surface area contributed by atoms with Crippen LogP contribution in [0.25, 0.3) is 0 Å². The van der Waals surface area contributed by atoms with E-state index in [1.807, 2.05) is 6.92 Å². The van der Waals surface area contributed by atoms with Crippen LogP contribution in [0.4, 0.5) is 0 Å². The van der Waals surface area contributed by atoms with Crippen molar-refractivity contribution in [2.45, 2.75) is 31.2 Å². The Hall–Kier alpha value is -2.78. The van der Waals surface area contributed by atoms with Crippen LogP contribution in [0.1, 0.15) is 41.0 Å². The lowest BCUT2D eigenvalue weighted by Gasteiger charge is -2.12. The molecule has 0 aliphatic rings. The molecule has 1 aromatic heterocycles. The van der Waals surface area contributed by atoms with E-state index in [-0.39, 0.29) is 16.5 Å². The molecule has 1 aromatic carbocycles. The number of rotatable bonds is 6. The van der Waals surface area contributed by atoms with Crippen LogP contribution in [-0.4, -0.2) is 31.3 Å². The van der Waals surface area contributed by atoms with E-state index in [2.05, 4.69) is 20.6 Å². The summed E-state index contributed by atoms with van der Waals surface area (Å²) in [5, 5.41) is 0. The average Bonchev–Trinajstić information content (AvgIpc) is 2.66.